The molecule has 23 heavy (non-hydrogen) atoms. The number of nitrogens with zero attached hydrogens (tertiary/aromatic N) is 1. The molecule has 0 fully saturated rings. The Kier molecular flexibility index (Phi) is 6.06. The Hall–Kier alpha value is -0.680. The zero-order chi connectivity index (χ0) is 15.7. The monoisotopic (exact) mass is 439 g/mol. The number of allylic oxidation sites excluding steroid dienone is 3. The molecule has 0 unspecified atom stereocenters. The van der Waals surface area contributed by atoms with Crippen molar-refractivity contribution in [2.24, 2.45) is 5.41 Å². The third kappa shape index (κ3) is 4.05. The van der Waals surface area contributed by atoms with E-state index in [2.05, 4.69) is 68.7 Å². The van der Waals surface area contributed by atoms with Gasteiger partial charge in [-0.15, -0.1) is 0 Å². The molecule has 1 heterocycles. The average molecular weight is 439 g/mol. The standard InChI is InChI=1S/C20H26NS.HI/c1-5-15-11-16(14-20(3,4)13-15)12-19-21(6-2)17-9-7-8-10-18(17)22-19;/h7-12H,5-6,13-14H2,1-4H3;1H/q+1;/p-1/b16-12-;. The van der Waals surface area contributed by atoms with Crippen molar-refractivity contribution >= 4 is 27.6 Å². The van der Waals surface area contributed by atoms with Crippen LogP contribution in [0, 0.1) is 5.41 Å². The van der Waals surface area contributed by atoms with Crippen LogP contribution in [0.3, 0.4) is 0 Å². The Morgan fingerprint density at radius 1 is 1.17 bits per heavy atom. The van der Waals surface area contributed by atoms with Gasteiger partial charge in [-0.05, 0) is 43.2 Å². The van der Waals surface area contributed by atoms with Gasteiger partial charge in [-0.25, -0.2) is 0 Å². The van der Waals surface area contributed by atoms with Gasteiger partial charge in [0.2, 0.25) is 5.52 Å². The SMILES string of the molecule is CCC1=C/C(=C/c2sc3ccccc3[n+]2CC)CC(C)(C)C1.[I-]. The van der Waals surface area contributed by atoms with Gasteiger partial charge in [0.1, 0.15) is 11.2 Å². The zero-order valence-corrected chi connectivity index (χ0v) is 17.5. The van der Waals surface area contributed by atoms with Gasteiger partial charge in [-0.2, -0.15) is 4.57 Å². The second kappa shape index (κ2) is 7.47. The molecule has 1 aliphatic rings. The number of para-hydroxylation sites is 1. The molecule has 1 aromatic heterocycles. The molecule has 0 spiro atoms. The molecule has 0 amide bonds. The fraction of sp³-hybridized carbons (Fsp3) is 0.450. The molecule has 124 valence electrons. The van der Waals surface area contributed by atoms with E-state index in [1.807, 2.05) is 11.3 Å². The van der Waals surface area contributed by atoms with Crippen molar-refractivity contribution < 1.29 is 28.5 Å². The summed E-state index contributed by atoms with van der Waals surface area (Å²) in [5, 5.41) is 1.38. The summed E-state index contributed by atoms with van der Waals surface area (Å²) in [6.45, 7) is 10.3. The molecule has 0 aliphatic heterocycles. The first kappa shape index (κ1) is 18.7. The lowest BCUT2D eigenvalue weighted by Crippen LogP contribution is -3.00. The minimum atomic E-state index is 0. The molecule has 0 N–H and O–H groups in total. The Bertz CT molecular complexity index is 752. The number of rotatable bonds is 3. The van der Waals surface area contributed by atoms with Gasteiger partial charge in [0, 0.05) is 12.1 Å². The van der Waals surface area contributed by atoms with Crippen molar-refractivity contribution in [3.63, 3.8) is 0 Å². The van der Waals surface area contributed by atoms with Gasteiger partial charge >= 0.3 is 0 Å². The minimum absolute atomic E-state index is 0. The van der Waals surface area contributed by atoms with Gasteiger partial charge in [-0.3, -0.25) is 0 Å². The smallest absolute Gasteiger partial charge is 0.263 e. The van der Waals surface area contributed by atoms with Crippen molar-refractivity contribution in [2.75, 3.05) is 0 Å². The second-order valence-electron chi connectivity index (χ2n) is 7.05. The van der Waals surface area contributed by atoms with E-state index in [0.29, 0.717) is 5.41 Å². The minimum Gasteiger partial charge on any atom is -1.00 e. The van der Waals surface area contributed by atoms with E-state index in [-0.39, 0.29) is 24.0 Å². The van der Waals surface area contributed by atoms with E-state index in [4.69, 9.17) is 0 Å². The molecule has 0 atom stereocenters. The molecule has 0 radical (unpaired) electrons. The number of aromatic nitrogens is 1. The lowest BCUT2D eigenvalue weighted by atomic mass is 9.74. The van der Waals surface area contributed by atoms with E-state index in [1.165, 1.54) is 40.1 Å². The maximum absolute atomic E-state index is 2.44. The molecular formula is C20H26INS. The van der Waals surface area contributed by atoms with E-state index in [9.17, 15) is 0 Å². The van der Waals surface area contributed by atoms with Crippen LogP contribution in [0.4, 0.5) is 0 Å². The number of hydrogen-bond donors (Lipinski definition) is 0. The van der Waals surface area contributed by atoms with Crippen LogP contribution in [0.2, 0.25) is 0 Å². The third-order valence-electron chi connectivity index (χ3n) is 4.49. The van der Waals surface area contributed by atoms with Crippen LogP contribution in [0.1, 0.15) is 52.0 Å². The number of hydrogen-bond acceptors (Lipinski definition) is 1. The summed E-state index contributed by atoms with van der Waals surface area (Å²) in [6.07, 6.45) is 8.44. The van der Waals surface area contributed by atoms with E-state index >= 15 is 0 Å². The number of fused-ring (bicyclic) bond motifs is 1. The number of benzene rings is 1. The van der Waals surface area contributed by atoms with Crippen molar-refractivity contribution in [3.05, 3.63) is 46.5 Å². The topological polar surface area (TPSA) is 3.88 Å². The first-order valence-corrected chi connectivity index (χ1v) is 9.15. The Morgan fingerprint density at radius 3 is 2.61 bits per heavy atom. The third-order valence-corrected chi connectivity index (χ3v) is 5.61. The van der Waals surface area contributed by atoms with Crippen LogP contribution in [-0.2, 0) is 6.54 Å². The summed E-state index contributed by atoms with van der Waals surface area (Å²) in [5.74, 6) is 0. The largest absolute Gasteiger partial charge is 1.00 e. The average Bonchev–Trinajstić information content (AvgIpc) is 2.82. The van der Waals surface area contributed by atoms with Crippen LogP contribution in [0.15, 0.2) is 41.5 Å². The summed E-state index contributed by atoms with van der Waals surface area (Å²) < 4.78 is 3.82. The van der Waals surface area contributed by atoms with E-state index in [1.54, 1.807) is 5.57 Å². The van der Waals surface area contributed by atoms with Crippen molar-refractivity contribution in [3.8, 4) is 0 Å². The van der Waals surface area contributed by atoms with Crippen LogP contribution < -0.4 is 28.5 Å². The predicted octanol–water partition coefficient (Wildman–Crippen LogP) is 2.75. The maximum Gasteiger partial charge on any atom is 0.263 e. The Morgan fingerprint density at radius 2 is 1.91 bits per heavy atom. The summed E-state index contributed by atoms with van der Waals surface area (Å²) in [7, 11) is 0. The number of thiazole rings is 1. The van der Waals surface area contributed by atoms with Crippen LogP contribution in [-0.4, -0.2) is 0 Å². The highest BCUT2D eigenvalue weighted by Gasteiger charge is 2.26. The lowest BCUT2D eigenvalue weighted by Gasteiger charge is -2.31. The summed E-state index contributed by atoms with van der Waals surface area (Å²) in [6, 6.07) is 8.73. The number of aryl methyl sites for hydroxylation is 1. The molecule has 0 saturated carbocycles. The summed E-state index contributed by atoms with van der Waals surface area (Å²) in [5.41, 5.74) is 4.82. The Balaban J connectivity index is 0.00000192. The Labute approximate surface area is 161 Å². The molecular weight excluding hydrogens is 413 g/mol. The molecule has 0 bridgehead atoms. The first-order valence-electron chi connectivity index (χ1n) is 8.34. The van der Waals surface area contributed by atoms with Crippen molar-refractivity contribution in [1.29, 1.82) is 0 Å². The molecule has 1 aliphatic carbocycles. The first-order chi connectivity index (χ1) is 10.5. The van der Waals surface area contributed by atoms with Gasteiger partial charge in [0.15, 0.2) is 0 Å². The van der Waals surface area contributed by atoms with Crippen molar-refractivity contribution in [1.82, 2.24) is 0 Å². The molecule has 1 nitrogen and oxygen atoms in total. The highest BCUT2D eigenvalue weighted by atomic mass is 127. The van der Waals surface area contributed by atoms with Crippen LogP contribution in [0.25, 0.3) is 16.3 Å². The van der Waals surface area contributed by atoms with Crippen molar-refractivity contribution in [2.45, 2.75) is 53.5 Å². The molecule has 0 saturated heterocycles. The van der Waals surface area contributed by atoms with Crippen LogP contribution >= 0.6 is 11.3 Å². The van der Waals surface area contributed by atoms with Gasteiger partial charge in [0.05, 0.1) is 0 Å². The fourth-order valence-electron chi connectivity index (χ4n) is 3.56. The van der Waals surface area contributed by atoms with Crippen LogP contribution in [0.5, 0.6) is 0 Å². The van der Waals surface area contributed by atoms with Gasteiger partial charge in [-0.1, -0.05) is 55.9 Å². The lowest BCUT2D eigenvalue weighted by molar-refractivity contribution is -0.665. The molecule has 3 heteroatoms. The highest BCUT2D eigenvalue weighted by molar-refractivity contribution is 7.18. The highest BCUT2D eigenvalue weighted by Crippen LogP contribution is 2.39. The second-order valence-corrected chi connectivity index (χ2v) is 8.11. The van der Waals surface area contributed by atoms with E-state index in [0.717, 1.165) is 6.54 Å². The summed E-state index contributed by atoms with van der Waals surface area (Å²) >= 11 is 1.91. The van der Waals surface area contributed by atoms with Gasteiger partial charge in [0.25, 0.3) is 5.01 Å². The quantitative estimate of drug-likeness (QED) is 0.512. The number of halogens is 1. The predicted molar refractivity (Wildman–Crippen MR) is 97.1 cm³/mol. The molecule has 3 rings (SSSR count). The van der Waals surface area contributed by atoms with E-state index < -0.39 is 0 Å². The van der Waals surface area contributed by atoms with Gasteiger partial charge < -0.3 is 24.0 Å². The zero-order valence-electron chi connectivity index (χ0n) is 14.5. The fourth-order valence-corrected chi connectivity index (χ4v) is 4.76. The molecule has 1 aromatic carbocycles. The molecule has 2 aromatic rings. The maximum atomic E-state index is 2.44. The normalized spacial score (nSPS) is 18.8. The summed E-state index contributed by atoms with van der Waals surface area (Å²) in [4.78, 5) is 0.